The summed E-state index contributed by atoms with van der Waals surface area (Å²) < 4.78 is 28.2. The largest absolute Gasteiger partial charge is 0.312 e. The lowest BCUT2D eigenvalue weighted by molar-refractivity contribution is -0.117. The van der Waals surface area contributed by atoms with Crippen LogP contribution in [0.3, 0.4) is 0 Å². The van der Waals surface area contributed by atoms with Crippen molar-refractivity contribution in [2.24, 2.45) is 0 Å². The van der Waals surface area contributed by atoms with Crippen molar-refractivity contribution in [2.75, 3.05) is 22.9 Å². The predicted molar refractivity (Wildman–Crippen MR) is 115 cm³/mol. The smallest absolute Gasteiger partial charge is 0.240 e. The molecule has 2 saturated heterocycles. The van der Waals surface area contributed by atoms with Gasteiger partial charge in [0, 0.05) is 43.9 Å². The van der Waals surface area contributed by atoms with Gasteiger partial charge in [-0.05, 0) is 61.2 Å². The molecule has 0 bridgehead atoms. The topological polar surface area (TPSA) is 86.8 Å². The van der Waals surface area contributed by atoms with Crippen molar-refractivity contribution in [1.29, 1.82) is 0 Å². The third-order valence-corrected chi connectivity index (χ3v) is 7.00. The van der Waals surface area contributed by atoms with E-state index in [4.69, 9.17) is 0 Å². The van der Waals surface area contributed by atoms with Gasteiger partial charge in [-0.25, -0.2) is 13.1 Å². The number of sulfonamides is 1. The van der Waals surface area contributed by atoms with Gasteiger partial charge in [-0.3, -0.25) is 9.59 Å². The Morgan fingerprint density at radius 1 is 0.933 bits per heavy atom. The highest BCUT2D eigenvalue weighted by molar-refractivity contribution is 7.89. The Morgan fingerprint density at radius 3 is 2.27 bits per heavy atom. The van der Waals surface area contributed by atoms with Gasteiger partial charge < -0.3 is 9.80 Å². The minimum absolute atomic E-state index is 0.0724. The fourth-order valence-electron chi connectivity index (χ4n) is 4.02. The number of anilines is 2. The molecule has 30 heavy (non-hydrogen) atoms. The Hall–Kier alpha value is -2.71. The number of carbonyl (C=O) groups excluding carboxylic acids is 2. The lowest BCUT2D eigenvalue weighted by atomic mass is 10.2. The summed E-state index contributed by atoms with van der Waals surface area (Å²) in [5.41, 5.74) is 3.10. The number of hydrogen-bond donors (Lipinski definition) is 1. The molecule has 1 N–H and O–H groups in total. The third-order valence-electron chi connectivity index (χ3n) is 5.60. The Kier molecular flexibility index (Phi) is 5.62. The molecule has 8 heteroatoms. The van der Waals surface area contributed by atoms with Crippen LogP contribution in [0.4, 0.5) is 11.4 Å². The van der Waals surface area contributed by atoms with Gasteiger partial charge in [0.15, 0.2) is 0 Å². The number of nitrogens with zero attached hydrogens (tertiary/aromatic N) is 2. The maximum absolute atomic E-state index is 12.8. The van der Waals surface area contributed by atoms with E-state index in [1.807, 2.05) is 31.2 Å². The highest BCUT2D eigenvalue weighted by Gasteiger charge is 2.25. The van der Waals surface area contributed by atoms with Gasteiger partial charge in [0.05, 0.1) is 4.90 Å². The summed E-state index contributed by atoms with van der Waals surface area (Å²) in [4.78, 5) is 27.6. The molecule has 2 amide bonds. The SMILES string of the molecule is Cc1cc(S(=O)(=O)NCc2cccc(N3CCCC3=O)c2)ccc1N1CCCC1=O. The quantitative estimate of drug-likeness (QED) is 0.768. The second-order valence-corrected chi connectivity index (χ2v) is 9.51. The van der Waals surface area contributed by atoms with Gasteiger partial charge in [-0.2, -0.15) is 0 Å². The van der Waals surface area contributed by atoms with Crippen LogP contribution in [0.5, 0.6) is 0 Å². The zero-order valence-corrected chi connectivity index (χ0v) is 17.7. The van der Waals surface area contributed by atoms with Crippen LogP contribution in [-0.4, -0.2) is 33.3 Å². The summed E-state index contributed by atoms with van der Waals surface area (Å²) in [6.07, 6.45) is 2.74. The van der Waals surface area contributed by atoms with Crippen LogP contribution >= 0.6 is 0 Å². The van der Waals surface area contributed by atoms with Gasteiger partial charge in [-0.15, -0.1) is 0 Å². The number of rotatable bonds is 6. The average Bonchev–Trinajstić information content (AvgIpc) is 3.35. The van der Waals surface area contributed by atoms with Crippen molar-refractivity contribution in [2.45, 2.75) is 44.0 Å². The standard InChI is InChI=1S/C22H25N3O4S/c1-16-13-19(9-10-20(16)25-12-4-8-22(25)27)30(28,29)23-15-17-5-2-6-18(14-17)24-11-3-7-21(24)26/h2,5-6,9-10,13-14,23H,3-4,7-8,11-12,15H2,1H3. The summed E-state index contributed by atoms with van der Waals surface area (Å²) in [6, 6.07) is 12.2. The molecule has 158 valence electrons. The van der Waals surface area contributed by atoms with Gasteiger partial charge in [0.2, 0.25) is 21.8 Å². The maximum Gasteiger partial charge on any atom is 0.240 e. The normalized spacial score (nSPS) is 17.2. The molecule has 2 aromatic rings. The molecule has 4 rings (SSSR count). The van der Waals surface area contributed by atoms with Crippen molar-refractivity contribution in [3.63, 3.8) is 0 Å². The van der Waals surface area contributed by atoms with Crippen LogP contribution < -0.4 is 14.5 Å². The highest BCUT2D eigenvalue weighted by atomic mass is 32.2. The first-order chi connectivity index (χ1) is 14.3. The lowest BCUT2D eigenvalue weighted by Gasteiger charge is -2.19. The number of carbonyl (C=O) groups is 2. The predicted octanol–water partition coefficient (Wildman–Crippen LogP) is 2.73. The van der Waals surface area contributed by atoms with Gasteiger partial charge in [0.25, 0.3) is 0 Å². The van der Waals surface area contributed by atoms with E-state index in [1.54, 1.807) is 21.9 Å². The molecule has 2 aromatic carbocycles. The van der Waals surface area contributed by atoms with E-state index in [1.165, 1.54) is 6.07 Å². The van der Waals surface area contributed by atoms with E-state index in [-0.39, 0.29) is 23.3 Å². The molecule has 7 nitrogen and oxygen atoms in total. The first kappa shape index (κ1) is 20.6. The van der Waals surface area contributed by atoms with E-state index in [0.29, 0.717) is 25.9 Å². The maximum atomic E-state index is 12.8. The van der Waals surface area contributed by atoms with E-state index < -0.39 is 10.0 Å². The molecule has 2 aliphatic heterocycles. The summed E-state index contributed by atoms with van der Waals surface area (Å²) in [7, 11) is -3.71. The number of hydrogen-bond acceptors (Lipinski definition) is 4. The molecule has 0 unspecified atom stereocenters. The molecule has 0 radical (unpaired) electrons. The summed E-state index contributed by atoms with van der Waals surface area (Å²) in [6.45, 7) is 3.30. The highest BCUT2D eigenvalue weighted by Crippen LogP contribution is 2.27. The number of aryl methyl sites for hydroxylation is 1. The van der Waals surface area contributed by atoms with E-state index >= 15 is 0 Å². The minimum atomic E-state index is -3.71. The molecule has 0 saturated carbocycles. The first-order valence-corrected chi connectivity index (χ1v) is 11.6. The second-order valence-electron chi connectivity index (χ2n) is 7.74. The summed E-state index contributed by atoms with van der Waals surface area (Å²) in [5, 5.41) is 0. The molecular formula is C22H25N3O4S. The number of nitrogens with one attached hydrogen (secondary N) is 1. The number of benzene rings is 2. The Morgan fingerprint density at radius 2 is 1.63 bits per heavy atom. The fraction of sp³-hybridized carbons (Fsp3) is 0.364. The Balaban J connectivity index is 1.48. The molecule has 0 aliphatic carbocycles. The number of amides is 2. The minimum Gasteiger partial charge on any atom is -0.312 e. The van der Waals surface area contributed by atoms with Crippen molar-refractivity contribution in [3.05, 3.63) is 53.6 Å². The molecular weight excluding hydrogens is 402 g/mol. The fourth-order valence-corrected chi connectivity index (χ4v) is 5.12. The Bertz CT molecular complexity index is 1100. The second kappa shape index (κ2) is 8.20. The van der Waals surface area contributed by atoms with Crippen LogP contribution in [-0.2, 0) is 26.2 Å². The van der Waals surface area contributed by atoms with Gasteiger partial charge >= 0.3 is 0 Å². The molecule has 2 heterocycles. The van der Waals surface area contributed by atoms with Gasteiger partial charge in [0.1, 0.15) is 0 Å². The van der Waals surface area contributed by atoms with Crippen LogP contribution in [0.15, 0.2) is 47.4 Å². The van der Waals surface area contributed by atoms with Crippen molar-refractivity contribution in [1.82, 2.24) is 4.72 Å². The lowest BCUT2D eigenvalue weighted by Crippen LogP contribution is -2.26. The molecule has 2 fully saturated rings. The molecule has 0 spiro atoms. The zero-order valence-electron chi connectivity index (χ0n) is 16.9. The monoisotopic (exact) mass is 427 g/mol. The van der Waals surface area contributed by atoms with Crippen molar-refractivity contribution >= 4 is 33.2 Å². The van der Waals surface area contributed by atoms with Crippen LogP contribution in [0.25, 0.3) is 0 Å². The van der Waals surface area contributed by atoms with Crippen molar-refractivity contribution < 1.29 is 18.0 Å². The van der Waals surface area contributed by atoms with E-state index in [9.17, 15) is 18.0 Å². The van der Waals surface area contributed by atoms with Crippen LogP contribution in [0.2, 0.25) is 0 Å². The average molecular weight is 428 g/mol. The molecule has 0 aromatic heterocycles. The first-order valence-electron chi connectivity index (χ1n) is 10.2. The van der Waals surface area contributed by atoms with Crippen LogP contribution in [0.1, 0.15) is 36.8 Å². The van der Waals surface area contributed by atoms with Crippen LogP contribution in [0, 0.1) is 6.92 Å². The Labute approximate surface area is 176 Å². The molecule has 2 aliphatic rings. The summed E-state index contributed by atoms with van der Waals surface area (Å²) >= 11 is 0. The van der Waals surface area contributed by atoms with Gasteiger partial charge in [-0.1, -0.05) is 12.1 Å². The van der Waals surface area contributed by atoms with E-state index in [2.05, 4.69) is 4.72 Å². The molecule has 0 atom stereocenters. The van der Waals surface area contributed by atoms with E-state index in [0.717, 1.165) is 35.3 Å². The third kappa shape index (κ3) is 4.11. The van der Waals surface area contributed by atoms with Crippen molar-refractivity contribution in [3.8, 4) is 0 Å². The summed E-state index contributed by atoms with van der Waals surface area (Å²) in [5.74, 6) is 0.169. The zero-order chi connectivity index (χ0) is 21.3.